The van der Waals surface area contributed by atoms with E-state index < -0.39 is 5.92 Å². The normalized spacial score (nSPS) is 19.4. The molecule has 0 aromatic heterocycles. The van der Waals surface area contributed by atoms with Crippen molar-refractivity contribution < 1.29 is 28.5 Å². The summed E-state index contributed by atoms with van der Waals surface area (Å²) < 4.78 is 22.1. The number of methoxy groups -OCH3 is 3. The molecular weight excluding hydrogens is 446 g/mol. The zero-order chi connectivity index (χ0) is 25.3. The minimum absolute atomic E-state index is 0.0582. The Morgan fingerprint density at radius 3 is 2.11 bits per heavy atom. The number of Topliss-reactive ketones (excluding diaryl/α,β-unsaturated/α-hetero) is 1. The summed E-state index contributed by atoms with van der Waals surface area (Å²) in [7, 11) is 4.66. The number of nitrogens with zero attached hydrogens (tertiary/aromatic N) is 1. The van der Waals surface area contributed by atoms with Crippen molar-refractivity contribution in [3.8, 4) is 23.0 Å². The first-order valence-corrected chi connectivity index (χ1v) is 11.8. The molecule has 0 saturated carbocycles. The minimum atomic E-state index is -0.395. The maximum Gasteiger partial charge on any atom is 0.232 e. The third-order valence-corrected chi connectivity index (χ3v) is 6.64. The Balaban J connectivity index is 1.87. The highest BCUT2D eigenvalue weighted by Gasteiger charge is 2.44. The molecule has 1 heterocycles. The number of amides is 1. The van der Waals surface area contributed by atoms with Gasteiger partial charge in [-0.3, -0.25) is 14.5 Å². The van der Waals surface area contributed by atoms with E-state index in [0.29, 0.717) is 42.3 Å². The summed E-state index contributed by atoms with van der Waals surface area (Å²) in [4.78, 5) is 29.0. The molecular formula is C28H33NO6. The predicted octanol–water partition coefficient (Wildman–Crippen LogP) is 5.27. The first kappa shape index (κ1) is 24.6. The van der Waals surface area contributed by atoms with Crippen LogP contribution in [-0.2, 0) is 9.59 Å². The molecule has 0 N–H and O–H groups in total. The van der Waals surface area contributed by atoms with E-state index in [2.05, 4.69) is 13.8 Å². The van der Waals surface area contributed by atoms with Crippen LogP contribution < -0.4 is 23.8 Å². The highest BCUT2D eigenvalue weighted by molar-refractivity contribution is 6.07. The second-order valence-electron chi connectivity index (χ2n) is 9.67. The van der Waals surface area contributed by atoms with Gasteiger partial charge in [0, 0.05) is 35.7 Å². The number of ether oxygens (including phenoxy) is 4. The van der Waals surface area contributed by atoms with Crippen LogP contribution in [0.25, 0.3) is 0 Å². The predicted molar refractivity (Wildman–Crippen MR) is 134 cm³/mol. The Bertz CT molecular complexity index is 1140. The molecule has 2 aliphatic rings. The molecule has 186 valence electrons. The van der Waals surface area contributed by atoms with Gasteiger partial charge < -0.3 is 18.9 Å². The van der Waals surface area contributed by atoms with Crippen molar-refractivity contribution in [2.75, 3.05) is 32.8 Å². The van der Waals surface area contributed by atoms with Gasteiger partial charge in [0.2, 0.25) is 11.7 Å². The van der Waals surface area contributed by atoms with Crippen LogP contribution in [-0.4, -0.2) is 39.6 Å². The number of carbonyl (C=O) groups excluding carboxylic acids is 2. The number of benzene rings is 2. The zero-order valence-electron chi connectivity index (χ0n) is 21.3. The van der Waals surface area contributed by atoms with Crippen molar-refractivity contribution in [1.29, 1.82) is 0 Å². The van der Waals surface area contributed by atoms with Gasteiger partial charge in [-0.25, -0.2) is 0 Å². The van der Waals surface area contributed by atoms with Crippen molar-refractivity contribution >= 4 is 17.4 Å². The quantitative estimate of drug-likeness (QED) is 0.538. The standard InChI is InChI=1S/C28H33NO6/c1-7-35-19-10-8-18(9-11-19)29-21-15-28(2,3)16-22(30)26(21)20(14-25(29)31)17-12-23(32-4)27(34-6)24(13-17)33-5/h8-13,20H,7,14-16H2,1-6H3. The summed E-state index contributed by atoms with van der Waals surface area (Å²) in [6.45, 7) is 6.63. The molecule has 0 spiro atoms. The molecule has 2 aromatic carbocycles. The third kappa shape index (κ3) is 4.59. The van der Waals surface area contributed by atoms with E-state index in [1.807, 2.05) is 43.3 Å². The summed E-state index contributed by atoms with van der Waals surface area (Å²) in [5, 5.41) is 0. The lowest BCUT2D eigenvalue weighted by Crippen LogP contribution is -2.43. The van der Waals surface area contributed by atoms with Crippen molar-refractivity contribution in [2.45, 2.75) is 46.0 Å². The van der Waals surface area contributed by atoms with E-state index in [9.17, 15) is 9.59 Å². The molecule has 1 atom stereocenters. The molecule has 1 unspecified atom stereocenters. The van der Waals surface area contributed by atoms with Gasteiger partial charge in [0.25, 0.3) is 0 Å². The van der Waals surface area contributed by atoms with Crippen LogP contribution in [0.4, 0.5) is 5.69 Å². The SMILES string of the molecule is CCOc1ccc(N2C(=O)CC(c3cc(OC)c(OC)c(OC)c3)C3=C2CC(C)(C)CC3=O)cc1. The van der Waals surface area contributed by atoms with Crippen LogP contribution >= 0.6 is 0 Å². The lowest BCUT2D eigenvalue weighted by Gasteiger charge is -2.43. The van der Waals surface area contributed by atoms with E-state index >= 15 is 0 Å². The molecule has 1 aliphatic carbocycles. The Morgan fingerprint density at radius 2 is 1.57 bits per heavy atom. The summed E-state index contributed by atoms with van der Waals surface area (Å²) in [5.74, 6) is 1.82. The van der Waals surface area contributed by atoms with E-state index in [4.69, 9.17) is 18.9 Å². The largest absolute Gasteiger partial charge is 0.494 e. The van der Waals surface area contributed by atoms with Crippen molar-refractivity contribution in [3.63, 3.8) is 0 Å². The lowest BCUT2D eigenvalue weighted by atomic mass is 9.69. The fourth-order valence-electron chi connectivity index (χ4n) is 5.16. The van der Waals surface area contributed by atoms with E-state index in [1.54, 1.807) is 26.2 Å². The fourth-order valence-corrected chi connectivity index (χ4v) is 5.16. The van der Waals surface area contributed by atoms with Gasteiger partial charge in [-0.15, -0.1) is 0 Å². The Kier molecular flexibility index (Phi) is 6.79. The van der Waals surface area contributed by atoms with E-state index in [1.165, 1.54) is 0 Å². The summed E-state index contributed by atoms with van der Waals surface area (Å²) in [6.07, 6.45) is 1.21. The minimum Gasteiger partial charge on any atom is -0.494 e. The monoisotopic (exact) mass is 479 g/mol. The zero-order valence-corrected chi connectivity index (χ0v) is 21.3. The first-order valence-electron chi connectivity index (χ1n) is 11.8. The second kappa shape index (κ2) is 9.64. The van der Waals surface area contributed by atoms with Gasteiger partial charge in [-0.2, -0.15) is 0 Å². The Labute approximate surface area is 206 Å². The molecule has 0 radical (unpaired) electrons. The lowest BCUT2D eigenvalue weighted by molar-refractivity contribution is -0.121. The maximum atomic E-state index is 13.7. The Morgan fingerprint density at radius 1 is 0.943 bits per heavy atom. The molecule has 0 saturated heterocycles. The van der Waals surface area contributed by atoms with Gasteiger partial charge in [0.05, 0.1) is 27.9 Å². The van der Waals surface area contributed by atoms with Crippen LogP contribution in [0.3, 0.4) is 0 Å². The molecule has 0 fully saturated rings. The number of hydrogen-bond acceptors (Lipinski definition) is 6. The number of hydrogen-bond donors (Lipinski definition) is 0. The third-order valence-electron chi connectivity index (χ3n) is 6.64. The van der Waals surface area contributed by atoms with Gasteiger partial charge in [0.15, 0.2) is 17.3 Å². The topological polar surface area (TPSA) is 74.3 Å². The highest BCUT2D eigenvalue weighted by atomic mass is 16.5. The van der Waals surface area contributed by atoms with Gasteiger partial charge in [-0.1, -0.05) is 13.8 Å². The smallest absolute Gasteiger partial charge is 0.232 e. The number of rotatable bonds is 7. The Hall–Kier alpha value is -3.48. The van der Waals surface area contributed by atoms with Crippen molar-refractivity contribution in [3.05, 3.63) is 53.2 Å². The molecule has 1 amide bonds. The maximum absolute atomic E-state index is 13.7. The van der Waals surface area contributed by atoms with Crippen LogP contribution in [0.15, 0.2) is 47.7 Å². The van der Waals surface area contributed by atoms with Crippen LogP contribution in [0.2, 0.25) is 0 Å². The molecule has 7 nitrogen and oxygen atoms in total. The van der Waals surface area contributed by atoms with Crippen molar-refractivity contribution in [1.82, 2.24) is 0 Å². The van der Waals surface area contributed by atoms with Crippen molar-refractivity contribution in [2.24, 2.45) is 5.41 Å². The molecule has 7 heteroatoms. The molecule has 2 aromatic rings. The summed E-state index contributed by atoms with van der Waals surface area (Å²) in [5.41, 5.74) is 2.73. The van der Waals surface area contributed by atoms with Gasteiger partial charge in [0.1, 0.15) is 5.75 Å². The number of carbonyl (C=O) groups is 2. The van der Waals surface area contributed by atoms with Crippen LogP contribution in [0, 0.1) is 5.41 Å². The number of allylic oxidation sites excluding steroid dienone is 2. The van der Waals surface area contributed by atoms with E-state index in [-0.39, 0.29) is 23.5 Å². The fraction of sp³-hybridized carbons (Fsp3) is 0.429. The van der Waals surface area contributed by atoms with Gasteiger partial charge in [-0.05, 0) is 60.7 Å². The van der Waals surface area contributed by atoms with Crippen LogP contribution in [0.1, 0.15) is 51.5 Å². The average molecular weight is 480 g/mol. The number of ketones is 1. The molecule has 0 bridgehead atoms. The van der Waals surface area contributed by atoms with Gasteiger partial charge >= 0.3 is 0 Å². The second-order valence-corrected chi connectivity index (χ2v) is 9.67. The summed E-state index contributed by atoms with van der Waals surface area (Å²) in [6, 6.07) is 11.1. The molecule has 4 rings (SSSR count). The number of anilines is 1. The molecule has 1 aliphatic heterocycles. The summed E-state index contributed by atoms with van der Waals surface area (Å²) >= 11 is 0. The first-order chi connectivity index (χ1) is 16.7. The average Bonchev–Trinajstić information content (AvgIpc) is 2.82. The van der Waals surface area contributed by atoms with Crippen LogP contribution in [0.5, 0.6) is 23.0 Å². The van der Waals surface area contributed by atoms with E-state index in [0.717, 1.165) is 22.7 Å². The molecule has 35 heavy (non-hydrogen) atoms. The highest BCUT2D eigenvalue weighted by Crippen LogP contribution is 2.50.